The SMILES string of the molecule is CN(C)C1(C)CCN(CC(=O)N2CCNC2=O)CC1. The molecule has 3 amide bonds. The Hall–Kier alpha value is -1.14. The average molecular weight is 268 g/mol. The molecule has 0 saturated carbocycles. The smallest absolute Gasteiger partial charge is 0.324 e. The van der Waals surface area contributed by atoms with Gasteiger partial charge in [0.15, 0.2) is 0 Å². The van der Waals surface area contributed by atoms with Crippen LogP contribution in [0.5, 0.6) is 0 Å². The molecule has 2 heterocycles. The lowest BCUT2D eigenvalue weighted by Gasteiger charge is -2.43. The van der Waals surface area contributed by atoms with Crippen LogP contribution in [0.25, 0.3) is 0 Å². The Morgan fingerprint density at radius 2 is 1.95 bits per heavy atom. The van der Waals surface area contributed by atoms with Crippen LogP contribution in [0.3, 0.4) is 0 Å². The number of rotatable bonds is 3. The summed E-state index contributed by atoms with van der Waals surface area (Å²) in [5.74, 6) is -0.0801. The summed E-state index contributed by atoms with van der Waals surface area (Å²) in [7, 11) is 4.21. The number of carbonyl (C=O) groups is 2. The number of amides is 3. The summed E-state index contributed by atoms with van der Waals surface area (Å²) < 4.78 is 0. The van der Waals surface area contributed by atoms with Crippen molar-refractivity contribution in [2.24, 2.45) is 0 Å². The summed E-state index contributed by atoms with van der Waals surface area (Å²) in [5, 5.41) is 2.66. The molecule has 2 fully saturated rings. The third kappa shape index (κ3) is 3.06. The summed E-state index contributed by atoms with van der Waals surface area (Å²) in [6, 6.07) is -0.250. The maximum Gasteiger partial charge on any atom is 0.324 e. The van der Waals surface area contributed by atoms with Crippen LogP contribution in [0, 0.1) is 0 Å². The van der Waals surface area contributed by atoms with E-state index in [0.717, 1.165) is 25.9 Å². The Morgan fingerprint density at radius 3 is 2.42 bits per heavy atom. The Labute approximate surface area is 114 Å². The van der Waals surface area contributed by atoms with Gasteiger partial charge in [0.25, 0.3) is 0 Å². The van der Waals surface area contributed by atoms with Gasteiger partial charge < -0.3 is 10.2 Å². The van der Waals surface area contributed by atoms with Crippen molar-refractivity contribution in [2.45, 2.75) is 25.3 Å². The first-order valence-corrected chi connectivity index (χ1v) is 6.90. The fourth-order valence-electron chi connectivity index (χ4n) is 2.63. The van der Waals surface area contributed by atoms with Crippen LogP contribution in [0.4, 0.5) is 4.79 Å². The summed E-state index contributed by atoms with van der Waals surface area (Å²) in [5.41, 5.74) is 0.227. The zero-order valence-corrected chi connectivity index (χ0v) is 12.1. The molecule has 19 heavy (non-hydrogen) atoms. The lowest BCUT2D eigenvalue weighted by Crippen LogP contribution is -2.52. The fraction of sp³-hybridized carbons (Fsp3) is 0.846. The van der Waals surface area contributed by atoms with Crippen LogP contribution >= 0.6 is 0 Å². The zero-order valence-electron chi connectivity index (χ0n) is 12.1. The normalized spacial score (nSPS) is 23.8. The number of urea groups is 1. The Bertz CT molecular complexity index is 362. The van der Waals surface area contributed by atoms with E-state index >= 15 is 0 Å². The molecule has 0 aromatic heterocycles. The molecule has 2 aliphatic rings. The van der Waals surface area contributed by atoms with Crippen LogP contribution in [0.2, 0.25) is 0 Å². The predicted octanol–water partition coefficient (Wildman–Crippen LogP) is -0.0457. The lowest BCUT2D eigenvalue weighted by atomic mass is 9.88. The van der Waals surface area contributed by atoms with E-state index in [-0.39, 0.29) is 17.5 Å². The largest absolute Gasteiger partial charge is 0.336 e. The first-order chi connectivity index (χ1) is 8.92. The van der Waals surface area contributed by atoms with E-state index in [0.29, 0.717) is 19.6 Å². The molecule has 1 N–H and O–H groups in total. The number of hydrogen-bond donors (Lipinski definition) is 1. The first kappa shape index (κ1) is 14.3. The molecule has 0 unspecified atom stereocenters. The van der Waals surface area contributed by atoms with Gasteiger partial charge in [0.2, 0.25) is 5.91 Å². The van der Waals surface area contributed by atoms with E-state index in [2.05, 4.69) is 36.1 Å². The molecule has 0 aliphatic carbocycles. The number of imide groups is 1. The number of nitrogens with zero attached hydrogens (tertiary/aromatic N) is 3. The third-order valence-electron chi connectivity index (χ3n) is 4.53. The summed E-state index contributed by atoms with van der Waals surface area (Å²) in [4.78, 5) is 29.2. The maximum absolute atomic E-state index is 12.0. The van der Waals surface area contributed by atoms with E-state index in [1.165, 1.54) is 4.90 Å². The van der Waals surface area contributed by atoms with E-state index < -0.39 is 0 Å². The molecule has 2 saturated heterocycles. The molecule has 0 aromatic carbocycles. The quantitative estimate of drug-likeness (QED) is 0.780. The molecule has 2 rings (SSSR count). The summed E-state index contributed by atoms with van der Waals surface area (Å²) in [6.45, 7) is 5.52. The highest BCUT2D eigenvalue weighted by Gasteiger charge is 2.34. The van der Waals surface area contributed by atoms with Crippen molar-refractivity contribution in [1.82, 2.24) is 20.0 Å². The molecule has 0 atom stereocenters. The molecule has 6 nitrogen and oxygen atoms in total. The fourth-order valence-corrected chi connectivity index (χ4v) is 2.63. The van der Waals surface area contributed by atoms with Gasteiger partial charge in [-0.15, -0.1) is 0 Å². The van der Waals surface area contributed by atoms with Crippen LogP contribution < -0.4 is 5.32 Å². The highest BCUT2D eigenvalue weighted by Crippen LogP contribution is 2.26. The van der Waals surface area contributed by atoms with Crippen molar-refractivity contribution in [1.29, 1.82) is 0 Å². The van der Waals surface area contributed by atoms with E-state index in [4.69, 9.17) is 0 Å². The van der Waals surface area contributed by atoms with E-state index in [1.54, 1.807) is 0 Å². The Balaban J connectivity index is 1.82. The molecule has 0 radical (unpaired) electrons. The molecule has 0 spiro atoms. The average Bonchev–Trinajstić information content (AvgIpc) is 2.78. The predicted molar refractivity (Wildman–Crippen MR) is 72.9 cm³/mol. The van der Waals surface area contributed by atoms with Crippen molar-refractivity contribution >= 4 is 11.9 Å². The van der Waals surface area contributed by atoms with Gasteiger partial charge in [0.1, 0.15) is 0 Å². The maximum atomic E-state index is 12.0. The highest BCUT2D eigenvalue weighted by atomic mass is 16.2. The van der Waals surface area contributed by atoms with Crippen molar-refractivity contribution in [3.05, 3.63) is 0 Å². The molecule has 0 aromatic rings. The summed E-state index contributed by atoms with van der Waals surface area (Å²) >= 11 is 0. The molecular weight excluding hydrogens is 244 g/mol. The number of nitrogens with one attached hydrogen (secondary N) is 1. The molecule has 0 bridgehead atoms. The van der Waals surface area contributed by atoms with Crippen molar-refractivity contribution in [3.63, 3.8) is 0 Å². The van der Waals surface area contributed by atoms with Crippen molar-refractivity contribution < 1.29 is 9.59 Å². The summed E-state index contributed by atoms with van der Waals surface area (Å²) in [6.07, 6.45) is 2.11. The number of hydrogen-bond acceptors (Lipinski definition) is 4. The minimum atomic E-state index is -0.250. The van der Waals surface area contributed by atoms with Gasteiger partial charge in [-0.05, 0) is 33.9 Å². The van der Waals surface area contributed by atoms with E-state index in [9.17, 15) is 9.59 Å². The van der Waals surface area contributed by atoms with Gasteiger partial charge in [0, 0.05) is 31.7 Å². The van der Waals surface area contributed by atoms with Gasteiger partial charge >= 0.3 is 6.03 Å². The molecule has 2 aliphatic heterocycles. The second-order valence-electron chi connectivity index (χ2n) is 5.94. The Morgan fingerprint density at radius 1 is 1.32 bits per heavy atom. The topological polar surface area (TPSA) is 55.9 Å². The minimum Gasteiger partial charge on any atom is -0.336 e. The second kappa shape index (κ2) is 5.46. The van der Waals surface area contributed by atoms with Crippen LogP contribution in [0.1, 0.15) is 19.8 Å². The minimum absolute atomic E-state index is 0.0801. The molecule has 108 valence electrons. The number of likely N-dealkylation sites (tertiary alicyclic amines) is 1. The zero-order chi connectivity index (χ0) is 14.0. The van der Waals surface area contributed by atoms with Gasteiger partial charge in [0.05, 0.1) is 6.54 Å². The second-order valence-corrected chi connectivity index (χ2v) is 5.94. The number of carbonyl (C=O) groups excluding carboxylic acids is 2. The van der Waals surface area contributed by atoms with Gasteiger partial charge in [-0.3, -0.25) is 14.6 Å². The monoisotopic (exact) mass is 268 g/mol. The lowest BCUT2D eigenvalue weighted by molar-refractivity contribution is -0.129. The van der Waals surface area contributed by atoms with Crippen molar-refractivity contribution in [3.8, 4) is 0 Å². The molecular formula is C13H24N4O2. The first-order valence-electron chi connectivity index (χ1n) is 6.90. The third-order valence-corrected chi connectivity index (χ3v) is 4.53. The van der Waals surface area contributed by atoms with Gasteiger partial charge in [-0.2, -0.15) is 0 Å². The van der Waals surface area contributed by atoms with E-state index in [1.807, 2.05) is 0 Å². The molecule has 6 heteroatoms. The van der Waals surface area contributed by atoms with Crippen molar-refractivity contribution in [2.75, 3.05) is 46.8 Å². The Kier molecular flexibility index (Phi) is 4.10. The number of piperidine rings is 1. The van der Waals surface area contributed by atoms with Crippen LogP contribution in [0.15, 0.2) is 0 Å². The van der Waals surface area contributed by atoms with Gasteiger partial charge in [-0.1, -0.05) is 0 Å². The standard InChI is InChI=1S/C13H24N4O2/c1-13(15(2)3)4-7-16(8-5-13)10-11(18)17-9-6-14-12(17)19/h4-10H2,1-3H3,(H,14,19). The van der Waals surface area contributed by atoms with Crippen LogP contribution in [-0.2, 0) is 4.79 Å². The van der Waals surface area contributed by atoms with Gasteiger partial charge in [-0.25, -0.2) is 4.79 Å². The van der Waals surface area contributed by atoms with Crippen LogP contribution in [-0.4, -0.2) is 79.0 Å². The highest BCUT2D eigenvalue weighted by molar-refractivity contribution is 5.96.